The molecule has 1 amide bonds. The SMILES string of the molecule is O=C(COc1ccccc1Cl)Nc1nc(-c2ccc(I)o2)ns1. The number of halogens is 2. The monoisotopic (exact) mass is 461 g/mol. The number of hydrogen-bond donors (Lipinski definition) is 1. The van der Waals surface area contributed by atoms with Crippen molar-refractivity contribution in [3.8, 4) is 17.3 Å². The third kappa shape index (κ3) is 4.21. The molecule has 3 aromatic rings. The summed E-state index contributed by atoms with van der Waals surface area (Å²) in [5.74, 6) is 1.09. The van der Waals surface area contributed by atoms with Gasteiger partial charge < -0.3 is 9.15 Å². The number of ether oxygens (including phenoxy) is 1. The Morgan fingerprint density at radius 2 is 2.17 bits per heavy atom. The van der Waals surface area contributed by atoms with E-state index >= 15 is 0 Å². The molecule has 6 nitrogen and oxygen atoms in total. The lowest BCUT2D eigenvalue weighted by Crippen LogP contribution is -2.20. The number of para-hydroxylation sites is 1. The van der Waals surface area contributed by atoms with Crippen molar-refractivity contribution in [3.05, 3.63) is 45.2 Å². The summed E-state index contributed by atoms with van der Waals surface area (Å²) in [5.41, 5.74) is 0. The van der Waals surface area contributed by atoms with Gasteiger partial charge in [0.1, 0.15) is 5.75 Å². The Morgan fingerprint density at radius 1 is 1.35 bits per heavy atom. The highest BCUT2D eigenvalue weighted by Crippen LogP contribution is 2.24. The molecule has 23 heavy (non-hydrogen) atoms. The second kappa shape index (κ2) is 7.28. The Labute approximate surface area is 154 Å². The highest BCUT2D eigenvalue weighted by Gasteiger charge is 2.13. The van der Waals surface area contributed by atoms with Crippen LogP contribution >= 0.6 is 45.7 Å². The third-order valence-electron chi connectivity index (χ3n) is 2.66. The summed E-state index contributed by atoms with van der Waals surface area (Å²) in [5, 5.41) is 3.45. The summed E-state index contributed by atoms with van der Waals surface area (Å²) < 4.78 is 15.7. The lowest BCUT2D eigenvalue weighted by atomic mass is 10.3. The van der Waals surface area contributed by atoms with Gasteiger partial charge in [-0.2, -0.15) is 9.36 Å². The number of aromatic nitrogens is 2. The van der Waals surface area contributed by atoms with Gasteiger partial charge in [0, 0.05) is 11.5 Å². The van der Waals surface area contributed by atoms with E-state index in [4.69, 9.17) is 20.8 Å². The normalized spacial score (nSPS) is 10.5. The number of carbonyl (C=O) groups excluding carboxylic acids is 1. The number of amides is 1. The van der Waals surface area contributed by atoms with Gasteiger partial charge in [-0.3, -0.25) is 10.1 Å². The number of nitrogens with zero attached hydrogens (tertiary/aromatic N) is 2. The summed E-state index contributed by atoms with van der Waals surface area (Å²) >= 11 is 9.08. The van der Waals surface area contributed by atoms with E-state index in [1.54, 1.807) is 30.3 Å². The second-order valence-electron chi connectivity index (χ2n) is 4.29. The molecule has 0 bridgehead atoms. The molecule has 0 fully saturated rings. The van der Waals surface area contributed by atoms with Crippen molar-refractivity contribution in [2.75, 3.05) is 11.9 Å². The average Bonchev–Trinajstić information content (AvgIpc) is 3.15. The topological polar surface area (TPSA) is 77.2 Å². The molecular weight excluding hydrogens is 453 g/mol. The molecule has 2 heterocycles. The molecule has 1 aromatic carbocycles. The van der Waals surface area contributed by atoms with Crippen molar-refractivity contribution < 1.29 is 13.9 Å². The van der Waals surface area contributed by atoms with Crippen LogP contribution in [0, 0.1) is 3.77 Å². The van der Waals surface area contributed by atoms with Crippen LogP contribution in [-0.4, -0.2) is 21.9 Å². The van der Waals surface area contributed by atoms with Crippen LogP contribution < -0.4 is 10.1 Å². The molecule has 0 aliphatic carbocycles. The van der Waals surface area contributed by atoms with Gasteiger partial charge in [0.25, 0.3) is 5.91 Å². The van der Waals surface area contributed by atoms with Gasteiger partial charge in [0.15, 0.2) is 16.1 Å². The Hall–Kier alpha value is -1.65. The van der Waals surface area contributed by atoms with E-state index in [1.807, 2.05) is 6.07 Å². The average molecular weight is 462 g/mol. The molecule has 0 aliphatic rings. The molecular formula is C14H9ClIN3O3S. The van der Waals surface area contributed by atoms with Crippen LogP contribution in [0.15, 0.2) is 40.8 Å². The van der Waals surface area contributed by atoms with Crippen LogP contribution in [0.1, 0.15) is 0 Å². The van der Waals surface area contributed by atoms with Gasteiger partial charge in [0.05, 0.1) is 5.02 Å². The Bertz CT molecular complexity index is 836. The first-order valence-electron chi connectivity index (χ1n) is 6.38. The molecule has 9 heteroatoms. The predicted octanol–water partition coefficient (Wildman–Crippen LogP) is 4.07. The Balaban J connectivity index is 1.58. The fraction of sp³-hybridized carbons (Fsp3) is 0.0714. The summed E-state index contributed by atoms with van der Waals surface area (Å²) in [7, 11) is 0. The highest BCUT2D eigenvalue weighted by atomic mass is 127. The van der Waals surface area contributed by atoms with Crippen LogP contribution in [0.4, 0.5) is 5.13 Å². The first kappa shape index (κ1) is 16.2. The third-order valence-corrected chi connectivity index (χ3v) is 4.18. The minimum Gasteiger partial charge on any atom is -0.482 e. The molecule has 118 valence electrons. The first-order chi connectivity index (χ1) is 11.1. The van der Waals surface area contributed by atoms with Crippen LogP contribution in [0.3, 0.4) is 0 Å². The maximum Gasteiger partial charge on any atom is 0.264 e. The molecule has 0 aliphatic heterocycles. The molecule has 0 unspecified atom stereocenters. The van der Waals surface area contributed by atoms with Crippen molar-refractivity contribution in [1.82, 2.24) is 9.36 Å². The van der Waals surface area contributed by atoms with Crippen LogP contribution in [-0.2, 0) is 4.79 Å². The zero-order chi connectivity index (χ0) is 16.2. The lowest BCUT2D eigenvalue weighted by molar-refractivity contribution is -0.118. The van der Waals surface area contributed by atoms with Gasteiger partial charge in [-0.15, -0.1) is 0 Å². The van der Waals surface area contributed by atoms with E-state index in [0.717, 1.165) is 15.3 Å². The van der Waals surface area contributed by atoms with Crippen LogP contribution in [0.2, 0.25) is 5.02 Å². The Morgan fingerprint density at radius 3 is 2.91 bits per heavy atom. The summed E-state index contributed by atoms with van der Waals surface area (Å²) in [6.45, 7) is -0.169. The smallest absolute Gasteiger partial charge is 0.264 e. The number of anilines is 1. The van der Waals surface area contributed by atoms with Gasteiger partial charge in [-0.05, 0) is 46.9 Å². The predicted molar refractivity (Wildman–Crippen MR) is 95.9 cm³/mol. The van der Waals surface area contributed by atoms with Crippen molar-refractivity contribution in [3.63, 3.8) is 0 Å². The van der Waals surface area contributed by atoms with Crippen molar-refractivity contribution in [2.45, 2.75) is 0 Å². The van der Waals surface area contributed by atoms with E-state index in [2.05, 4.69) is 37.3 Å². The maximum atomic E-state index is 11.9. The fourth-order valence-electron chi connectivity index (χ4n) is 1.67. The van der Waals surface area contributed by atoms with Crippen molar-refractivity contribution in [1.29, 1.82) is 0 Å². The quantitative estimate of drug-likeness (QED) is 0.580. The molecule has 2 aromatic heterocycles. The minimum absolute atomic E-state index is 0.169. The largest absolute Gasteiger partial charge is 0.482 e. The minimum atomic E-state index is -0.346. The number of rotatable bonds is 5. The molecule has 1 N–H and O–H groups in total. The van der Waals surface area contributed by atoms with Crippen LogP contribution in [0.25, 0.3) is 11.6 Å². The highest BCUT2D eigenvalue weighted by molar-refractivity contribution is 14.1. The van der Waals surface area contributed by atoms with E-state index in [-0.39, 0.29) is 12.5 Å². The standard InChI is InChI=1S/C14H9ClIN3O3S/c15-8-3-1-2-4-9(8)21-7-12(20)17-14-18-13(19-23-14)10-5-6-11(16)22-10/h1-6H,7H2,(H,17,18,19,20). The van der Waals surface area contributed by atoms with Gasteiger partial charge in [-0.1, -0.05) is 23.7 Å². The molecule has 3 rings (SSSR count). The Kier molecular flexibility index (Phi) is 5.13. The second-order valence-corrected chi connectivity index (χ2v) is 6.52. The van der Waals surface area contributed by atoms with Gasteiger partial charge in [-0.25, -0.2) is 0 Å². The molecule has 0 radical (unpaired) electrons. The van der Waals surface area contributed by atoms with E-state index in [0.29, 0.717) is 27.5 Å². The van der Waals surface area contributed by atoms with Gasteiger partial charge >= 0.3 is 0 Å². The summed E-state index contributed by atoms with van der Waals surface area (Å²) in [4.78, 5) is 16.1. The first-order valence-corrected chi connectivity index (χ1v) is 8.61. The number of furan rings is 1. The maximum absolute atomic E-state index is 11.9. The zero-order valence-corrected chi connectivity index (χ0v) is 15.2. The van der Waals surface area contributed by atoms with Gasteiger partial charge in [0.2, 0.25) is 11.0 Å². The number of carbonyl (C=O) groups is 1. The molecule has 0 spiro atoms. The van der Waals surface area contributed by atoms with E-state index in [9.17, 15) is 4.79 Å². The summed E-state index contributed by atoms with van der Waals surface area (Å²) in [6.07, 6.45) is 0. The molecule has 0 atom stereocenters. The van der Waals surface area contributed by atoms with Crippen molar-refractivity contribution >= 4 is 56.8 Å². The van der Waals surface area contributed by atoms with E-state index in [1.165, 1.54) is 0 Å². The van der Waals surface area contributed by atoms with Crippen LogP contribution in [0.5, 0.6) is 5.75 Å². The number of benzene rings is 1. The lowest BCUT2D eigenvalue weighted by Gasteiger charge is -2.06. The zero-order valence-electron chi connectivity index (χ0n) is 11.5. The number of hydrogen-bond acceptors (Lipinski definition) is 6. The molecule has 0 saturated carbocycles. The molecule has 0 saturated heterocycles. The van der Waals surface area contributed by atoms with E-state index < -0.39 is 0 Å². The fourth-order valence-corrected chi connectivity index (χ4v) is 2.87. The van der Waals surface area contributed by atoms with Crippen molar-refractivity contribution in [2.24, 2.45) is 0 Å². The number of nitrogens with one attached hydrogen (secondary N) is 1. The summed E-state index contributed by atoms with van der Waals surface area (Å²) in [6, 6.07) is 10.5.